The lowest BCUT2D eigenvalue weighted by Crippen LogP contribution is -2.37. The molecule has 0 bridgehead atoms. The summed E-state index contributed by atoms with van der Waals surface area (Å²) in [6.07, 6.45) is 2.95. The lowest BCUT2D eigenvalue weighted by Gasteiger charge is -2.31. The minimum absolute atomic E-state index is 0. The third-order valence-electron chi connectivity index (χ3n) is 6.04. The molecule has 5 heteroatoms. The van der Waals surface area contributed by atoms with Crippen LogP contribution in [0.4, 0.5) is 4.39 Å². The molecule has 1 fully saturated rings. The van der Waals surface area contributed by atoms with E-state index in [4.69, 9.17) is 0 Å². The molecule has 0 unspecified atom stereocenters. The van der Waals surface area contributed by atoms with Crippen molar-refractivity contribution in [2.24, 2.45) is 5.92 Å². The van der Waals surface area contributed by atoms with Crippen LogP contribution in [0.1, 0.15) is 46.4 Å². The zero-order chi connectivity index (χ0) is 20.9. The second-order valence-corrected chi connectivity index (χ2v) is 8.08. The largest absolute Gasteiger partial charge is 0.303 e. The molecule has 162 valence electrons. The fourth-order valence-corrected chi connectivity index (χ4v) is 4.24. The Morgan fingerprint density at radius 1 is 0.871 bits per heavy atom. The monoisotopic (exact) mass is 439 g/mol. The van der Waals surface area contributed by atoms with E-state index >= 15 is 0 Å². The van der Waals surface area contributed by atoms with Gasteiger partial charge in [-0.2, -0.15) is 0 Å². The van der Waals surface area contributed by atoms with Crippen LogP contribution in [0.25, 0.3) is 10.8 Å². The molecule has 1 aliphatic heterocycles. The van der Waals surface area contributed by atoms with E-state index in [0.717, 1.165) is 55.2 Å². The zero-order valence-electron chi connectivity index (χ0n) is 17.4. The van der Waals surface area contributed by atoms with Crippen LogP contribution in [-0.4, -0.2) is 36.1 Å². The molecule has 1 saturated heterocycles. The highest BCUT2D eigenvalue weighted by Crippen LogP contribution is 2.24. The Kier molecular flexibility index (Phi) is 7.94. The molecule has 4 rings (SSSR count). The van der Waals surface area contributed by atoms with Crippen molar-refractivity contribution in [3.63, 3.8) is 0 Å². The molecule has 1 heterocycles. The molecule has 0 N–H and O–H groups in total. The number of benzene rings is 3. The van der Waals surface area contributed by atoms with Crippen molar-refractivity contribution >= 4 is 34.7 Å². The van der Waals surface area contributed by atoms with Crippen LogP contribution in [0.2, 0.25) is 0 Å². The fourth-order valence-electron chi connectivity index (χ4n) is 4.24. The average Bonchev–Trinajstić information content (AvgIpc) is 2.79. The Balaban J connectivity index is 0.00000272. The van der Waals surface area contributed by atoms with Gasteiger partial charge in [0.15, 0.2) is 11.6 Å². The maximum absolute atomic E-state index is 13.0. The molecular weight excluding hydrogens is 413 g/mol. The topological polar surface area (TPSA) is 37.4 Å². The summed E-state index contributed by atoms with van der Waals surface area (Å²) in [5.41, 5.74) is 1.37. The normalized spacial score (nSPS) is 14.9. The van der Waals surface area contributed by atoms with Crippen LogP contribution in [0, 0.1) is 11.7 Å². The van der Waals surface area contributed by atoms with E-state index in [1.807, 2.05) is 36.4 Å². The van der Waals surface area contributed by atoms with Gasteiger partial charge in [-0.25, -0.2) is 4.39 Å². The molecule has 3 aromatic carbocycles. The van der Waals surface area contributed by atoms with E-state index in [0.29, 0.717) is 12.0 Å². The first-order chi connectivity index (χ1) is 14.6. The van der Waals surface area contributed by atoms with Crippen LogP contribution in [-0.2, 0) is 0 Å². The molecule has 1 aliphatic rings. The molecular formula is C26H27ClFNO2. The van der Waals surface area contributed by atoms with Crippen molar-refractivity contribution in [1.29, 1.82) is 0 Å². The molecule has 3 nitrogen and oxygen atoms in total. The number of hydrogen-bond donors (Lipinski definition) is 0. The fraction of sp³-hybridized carbons (Fsp3) is 0.308. The first-order valence-corrected chi connectivity index (χ1v) is 10.6. The molecule has 3 aromatic rings. The van der Waals surface area contributed by atoms with Crippen molar-refractivity contribution in [2.45, 2.75) is 25.7 Å². The number of piperidine rings is 1. The Hall–Kier alpha value is -2.56. The van der Waals surface area contributed by atoms with Crippen molar-refractivity contribution in [2.75, 3.05) is 19.6 Å². The van der Waals surface area contributed by atoms with Gasteiger partial charge in [-0.1, -0.05) is 36.4 Å². The molecule has 0 spiro atoms. The predicted octanol–water partition coefficient (Wildman–Crippen LogP) is 5.96. The molecule has 0 aromatic heterocycles. The van der Waals surface area contributed by atoms with Gasteiger partial charge >= 0.3 is 0 Å². The average molecular weight is 440 g/mol. The van der Waals surface area contributed by atoms with Gasteiger partial charge in [-0.05, 0) is 80.0 Å². The maximum atomic E-state index is 13.0. The van der Waals surface area contributed by atoms with Gasteiger partial charge in [0.05, 0.1) is 0 Å². The Bertz CT molecular complexity index is 1040. The molecule has 0 saturated carbocycles. The van der Waals surface area contributed by atoms with E-state index in [2.05, 4.69) is 11.0 Å². The first-order valence-electron chi connectivity index (χ1n) is 10.6. The number of Topliss-reactive ketones (excluding diaryl/α,β-unsaturated/α-hetero) is 2. The quantitative estimate of drug-likeness (QED) is 0.426. The highest BCUT2D eigenvalue weighted by atomic mass is 35.5. The number of ketones is 2. The number of carbonyl (C=O) groups excluding carboxylic acids is 2. The summed E-state index contributed by atoms with van der Waals surface area (Å²) in [7, 11) is 0. The van der Waals surface area contributed by atoms with Gasteiger partial charge < -0.3 is 4.90 Å². The van der Waals surface area contributed by atoms with E-state index in [1.54, 1.807) is 12.1 Å². The second-order valence-electron chi connectivity index (χ2n) is 8.08. The lowest BCUT2D eigenvalue weighted by atomic mass is 9.88. The van der Waals surface area contributed by atoms with Gasteiger partial charge in [0.25, 0.3) is 0 Å². The highest BCUT2D eigenvalue weighted by Gasteiger charge is 2.25. The first kappa shape index (κ1) is 23.1. The summed E-state index contributed by atoms with van der Waals surface area (Å²) >= 11 is 0. The van der Waals surface area contributed by atoms with Gasteiger partial charge in [0.1, 0.15) is 5.82 Å². The van der Waals surface area contributed by atoms with Gasteiger partial charge in [-0.3, -0.25) is 9.59 Å². The zero-order valence-corrected chi connectivity index (χ0v) is 18.2. The van der Waals surface area contributed by atoms with Crippen molar-refractivity contribution in [3.05, 3.63) is 83.7 Å². The van der Waals surface area contributed by atoms with Gasteiger partial charge in [-0.15, -0.1) is 12.4 Å². The molecule has 0 amide bonds. The Morgan fingerprint density at radius 2 is 1.52 bits per heavy atom. The van der Waals surface area contributed by atoms with Gasteiger partial charge in [0, 0.05) is 23.5 Å². The number of halogens is 2. The number of carbonyl (C=O) groups is 2. The number of fused-ring (bicyclic) bond motifs is 1. The Labute approximate surface area is 188 Å². The molecule has 0 radical (unpaired) electrons. The highest BCUT2D eigenvalue weighted by molar-refractivity contribution is 6.01. The molecule has 0 atom stereocenters. The summed E-state index contributed by atoms with van der Waals surface area (Å²) in [6, 6.07) is 19.8. The Morgan fingerprint density at radius 3 is 2.23 bits per heavy atom. The number of rotatable bonds is 7. The van der Waals surface area contributed by atoms with E-state index in [9.17, 15) is 14.0 Å². The molecule has 0 aliphatic carbocycles. The third-order valence-corrected chi connectivity index (χ3v) is 6.04. The minimum Gasteiger partial charge on any atom is -0.303 e. The van der Waals surface area contributed by atoms with Gasteiger partial charge in [0.2, 0.25) is 0 Å². The molecule has 31 heavy (non-hydrogen) atoms. The maximum Gasteiger partial charge on any atom is 0.166 e. The van der Waals surface area contributed by atoms with Crippen LogP contribution in [0.3, 0.4) is 0 Å². The van der Waals surface area contributed by atoms with Crippen molar-refractivity contribution in [1.82, 2.24) is 4.90 Å². The summed E-state index contributed by atoms with van der Waals surface area (Å²) in [4.78, 5) is 27.5. The van der Waals surface area contributed by atoms with Crippen molar-refractivity contribution in [3.8, 4) is 0 Å². The summed E-state index contributed by atoms with van der Waals surface area (Å²) in [5.74, 6) is 0.0409. The van der Waals surface area contributed by atoms with E-state index in [1.165, 1.54) is 12.1 Å². The van der Waals surface area contributed by atoms with Crippen LogP contribution in [0.5, 0.6) is 0 Å². The second kappa shape index (κ2) is 10.7. The standard InChI is InChI=1S/C26H26FNO2.ClH/c27-24-11-9-20(10-12-24)25(29)6-3-15-28-16-13-21(14-17-28)26(30)23-8-7-19-4-1-2-5-22(19)18-23;/h1-2,4-5,7-12,18,21H,3,6,13-17H2;1H. The van der Waals surface area contributed by atoms with Crippen molar-refractivity contribution < 1.29 is 14.0 Å². The van der Waals surface area contributed by atoms with E-state index in [-0.39, 0.29) is 35.7 Å². The number of likely N-dealkylation sites (tertiary alicyclic amines) is 1. The smallest absolute Gasteiger partial charge is 0.166 e. The number of nitrogens with zero attached hydrogens (tertiary/aromatic N) is 1. The minimum atomic E-state index is -0.326. The summed E-state index contributed by atoms with van der Waals surface area (Å²) < 4.78 is 13.0. The summed E-state index contributed by atoms with van der Waals surface area (Å²) in [6.45, 7) is 2.62. The third kappa shape index (κ3) is 5.78. The summed E-state index contributed by atoms with van der Waals surface area (Å²) in [5, 5.41) is 2.26. The van der Waals surface area contributed by atoms with Crippen LogP contribution in [0.15, 0.2) is 66.7 Å². The SMILES string of the molecule is Cl.O=C(CCCN1CCC(C(=O)c2ccc3ccccc3c2)CC1)c1ccc(F)cc1. The van der Waals surface area contributed by atoms with Crippen LogP contribution >= 0.6 is 12.4 Å². The number of hydrogen-bond acceptors (Lipinski definition) is 3. The predicted molar refractivity (Wildman–Crippen MR) is 125 cm³/mol. The van der Waals surface area contributed by atoms with E-state index < -0.39 is 0 Å². The lowest BCUT2D eigenvalue weighted by molar-refractivity contribution is 0.0838. The van der Waals surface area contributed by atoms with Crippen LogP contribution < -0.4 is 0 Å².